The highest BCUT2D eigenvalue weighted by Gasteiger charge is 2.28. The number of carboxylic acid groups (broad SMARTS) is 1. The van der Waals surface area contributed by atoms with Crippen molar-refractivity contribution in [2.45, 2.75) is 19.9 Å². The van der Waals surface area contributed by atoms with Crippen molar-refractivity contribution in [2.24, 2.45) is 5.92 Å². The summed E-state index contributed by atoms with van der Waals surface area (Å²) in [6.45, 7) is 2.91. The smallest absolute Gasteiger partial charge is 0.339 e. The molecule has 1 aliphatic rings. The lowest BCUT2D eigenvalue weighted by molar-refractivity contribution is -0.128. The van der Waals surface area contributed by atoms with Crippen LogP contribution in [0.5, 0.6) is 0 Å². The van der Waals surface area contributed by atoms with Gasteiger partial charge in [-0.1, -0.05) is 6.92 Å². The average molecular weight is 223 g/mol. The van der Waals surface area contributed by atoms with Crippen LogP contribution in [0.3, 0.4) is 0 Å². The molecular weight excluding hydrogens is 210 g/mol. The van der Waals surface area contributed by atoms with Crippen LogP contribution in [0, 0.1) is 5.92 Å². The topological polar surface area (TPSA) is 70.8 Å². The molecule has 5 nitrogen and oxygen atoms in total. The van der Waals surface area contributed by atoms with Crippen LogP contribution in [0.1, 0.15) is 29.5 Å². The number of furan rings is 1. The van der Waals surface area contributed by atoms with E-state index < -0.39 is 5.97 Å². The number of nitrogens with zero attached hydrogens (tertiary/aromatic N) is 1. The van der Waals surface area contributed by atoms with Gasteiger partial charge in [0.25, 0.3) is 0 Å². The van der Waals surface area contributed by atoms with Crippen molar-refractivity contribution in [2.75, 3.05) is 6.54 Å². The summed E-state index contributed by atoms with van der Waals surface area (Å²) in [7, 11) is 0. The first kappa shape index (κ1) is 10.7. The minimum Gasteiger partial charge on any atom is -0.478 e. The molecule has 86 valence electrons. The van der Waals surface area contributed by atoms with Crippen LogP contribution in [0.15, 0.2) is 16.7 Å². The minimum absolute atomic E-state index is 0.0558. The Morgan fingerprint density at radius 1 is 1.69 bits per heavy atom. The molecule has 0 radical (unpaired) electrons. The number of carbonyl (C=O) groups is 2. The predicted octanol–water partition coefficient (Wildman–Crippen LogP) is 1.35. The van der Waals surface area contributed by atoms with Crippen LogP contribution in [-0.2, 0) is 11.3 Å². The van der Waals surface area contributed by atoms with Crippen LogP contribution in [0.4, 0.5) is 0 Å². The van der Waals surface area contributed by atoms with E-state index in [2.05, 4.69) is 0 Å². The lowest BCUT2D eigenvalue weighted by atomic mass is 10.2. The van der Waals surface area contributed by atoms with Crippen molar-refractivity contribution in [3.05, 3.63) is 23.7 Å². The number of rotatable bonds is 3. The Hall–Kier alpha value is -1.78. The van der Waals surface area contributed by atoms with Gasteiger partial charge >= 0.3 is 5.97 Å². The number of carboxylic acids is 1. The van der Waals surface area contributed by atoms with Crippen LogP contribution in [0.2, 0.25) is 0 Å². The number of aromatic carboxylic acids is 1. The number of likely N-dealkylation sites (tertiary alicyclic amines) is 1. The SMILES string of the molecule is CC1CC(=O)N(Cc2occc2C(=O)O)C1. The Morgan fingerprint density at radius 2 is 2.44 bits per heavy atom. The molecule has 1 aliphatic heterocycles. The van der Waals surface area contributed by atoms with Crippen LogP contribution in [0.25, 0.3) is 0 Å². The minimum atomic E-state index is -1.02. The Labute approximate surface area is 92.7 Å². The Balaban J connectivity index is 2.12. The average Bonchev–Trinajstić information content (AvgIpc) is 2.75. The summed E-state index contributed by atoms with van der Waals surface area (Å²) in [5.41, 5.74) is 0.132. The second-order valence-electron chi connectivity index (χ2n) is 4.15. The maximum absolute atomic E-state index is 11.5. The summed E-state index contributed by atoms with van der Waals surface area (Å²) in [6.07, 6.45) is 1.87. The number of amides is 1. The van der Waals surface area contributed by atoms with E-state index in [1.165, 1.54) is 12.3 Å². The first-order valence-corrected chi connectivity index (χ1v) is 5.15. The number of hydrogen-bond acceptors (Lipinski definition) is 3. The van der Waals surface area contributed by atoms with Crippen molar-refractivity contribution < 1.29 is 19.1 Å². The highest BCUT2D eigenvalue weighted by Crippen LogP contribution is 2.21. The van der Waals surface area contributed by atoms with E-state index in [4.69, 9.17) is 9.52 Å². The van der Waals surface area contributed by atoms with Crippen LogP contribution < -0.4 is 0 Å². The quantitative estimate of drug-likeness (QED) is 0.839. The van der Waals surface area contributed by atoms with Crippen molar-refractivity contribution in [3.63, 3.8) is 0 Å². The standard InChI is InChI=1S/C11H13NO4/c1-7-4-10(13)12(5-7)6-9-8(11(14)15)2-3-16-9/h2-3,7H,4-6H2,1H3,(H,14,15). The predicted molar refractivity (Wildman–Crippen MR) is 54.9 cm³/mol. The Bertz CT molecular complexity index is 423. The van der Waals surface area contributed by atoms with Gasteiger partial charge in [0.15, 0.2) is 0 Å². The third kappa shape index (κ3) is 1.93. The Morgan fingerprint density at radius 3 is 3.00 bits per heavy atom. The van der Waals surface area contributed by atoms with Gasteiger partial charge in [0.1, 0.15) is 11.3 Å². The fourth-order valence-electron chi connectivity index (χ4n) is 1.95. The summed E-state index contributed by atoms with van der Waals surface area (Å²) in [5.74, 6) is -0.297. The molecule has 0 saturated carbocycles. The third-order valence-electron chi connectivity index (χ3n) is 2.72. The van der Waals surface area contributed by atoms with Gasteiger partial charge in [-0.2, -0.15) is 0 Å². The summed E-state index contributed by atoms with van der Waals surface area (Å²) >= 11 is 0. The van der Waals surface area contributed by atoms with Crippen LogP contribution >= 0.6 is 0 Å². The zero-order chi connectivity index (χ0) is 11.7. The van der Waals surface area contributed by atoms with Crippen LogP contribution in [-0.4, -0.2) is 28.4 Å². The maximum atomic E-state index is 11.5. The van der Waals surface area contributed by atoms with E-state index in [9.17, 15) is 9.59 Å². The number of hydrogen-bond donors (Lipinski definition) is 1. The molecule has 2 rings (SSSR count). The van der Waals surface area contributed by atoms with Gasteiger partial charge in [-0.05, 0) is 12.0 Å². The highest BCUT2D eigenvalue weighted by molar-refractivity contribution is 5.88. The molecule has 0 bridgehead atoms. The molecule has 0 aliphatic carbocycles. The van der Waals surface area contributed by atoms with E-state index in [0.29, 0.717) is 24.6 Å². The molecule has 1 N–H and O–H groups in total. The van der Waals surface area contributed by atoms with Gasteiger partial charge in [-0.15, -0.1) is 0 Å². The normalized spacial score (nSPS) is 20.4. The number of carbonyl (C=O) groups excluding carboxylic acids is 1. The van der Waals surface area contributed by atoms with Crippen molar-refractivity contribution in [1.82, 2.24) is 4.90 Å². The molecule has 1 aromatic rings. The molecule has 2 heterocycles. The lowest BCUT2D eigenvalue weighted by Crippen LogP contribution is -2.25. The molecule has 1 unspecified atom stereocenters. The van der Waals surface area contributed by atoms with Crippen molar-refractivity contribution in [1.29, 1.82) is 0 Å². The van der Waals surface area contributed by atoms with E-state index in [1.54, 1.807) is 4.90 Å². The monoisotopic (exact) mass is 223 g/mol. The molecule has 1 aromatic heterocycles. The van der Waals surface area contributed by atoms with Gasteiger partial charge in [-0.25, -0.2) is 4.79 Å². The summed E-state index contributed by atoms with van der Waals surface area (Å²) < 4.78 is 5.10. The molecule has 1 saturated heterocycles. The van der Waals surface area contributed by atoms with Gasteiger partial charge in [0.2, 0.25) is 5.91 Å². The van der Waals surface area contributed by atoms with Gasteiger partial charge in [0, 0.05) is 13.0 Å². The van der Waals surface area contributed by atoms with Gasteiger partial charge in [-0.3, -0.25) is 4.79 Å². The molecule has 1 atom stereocenters. The molecule has 0 spiro atoms. The fraction of sp³-hybridized carbons (Fsp3) is 0.455. The first-order valence-electron chi connectivity index (χ1n) is 5.15. The third-order valence-corrected chi connectivity index (χ3v) is 2.72. The molecule has 1 fully saturated rings. The maximum Gasteiger partial charge on any atom is 0.339 e. The first-order chi connectivity index (χ1) is 7.58. The molecule has 0 aromatic carbocycles. The summed E-state index contributed by atoms with van der Waals surface area (Å²) in [5, 5.41) is 8.88. The fourth-order valence-corrected chi connectivity index (χ4v) is 1.95. The zero-order valence-electron chi connectivity index (χ0n) is 8.97. The highest BCUT2D eigenvalue weighted by atomic mass is 16.4. The van der Waals surface area contributed by atoms with E-state index in [1.807, 2.05) is 6.92 Å². The van der Waals surface area contributed by atoms with E-state index in [0.717, 1.165) is 0 Å². The second kappa shape index (κ2) is 4.00. The summed E-state index contributed by atoms with van der Waals surface area (Å²) in [6, 6.07) is 1.40. The molecule has 5 heteroatoms. The van der Waals surface area contributed by atoms with Gasteiger partial charge in [0.05, 0.1) is 12.8 Å². The Kier molecular flexibility index (Phi) is 2.68. The zero-order valence-corrected chi connectivity index (χ0v) is 8.97. The molecular formula is C11H13NO4. The van der Waals surface area contributed by atoms with E-state index >= 15 is 0 Å². The molecule has 16 heavy (non-hydrogen) atoms. The molecule has 1 amide bonds. The second-order valence-corrected chi connectivity index (χ2v) is 4.15. The van der Waals surface area contributed by atoms with Gasteiger partial charge < -0.3 is 14.4 Å². The lowest BCUT2D eigenvalue weighted by Gasteiger charge is -2.14. The van der Waals surface area contributed by atoms with E-state index in [-0.39, 0.29) is 18.0 Å². The largest absolute Gasteiger partial charge is 0.478 e. The summed E-state index contributed by atoms with van der Waals surface area (Å²) in [4.78, 5) is 24.0. The van der Waals surface area contributed by atoms with Crippen molar-refractivity contribution in [3.8, 4) is 0 Å². The van der Waals surface area contributed by atoms with Crippen molar-refractivity contribution >= 4 is 11.9 Å².